The Morgan fingerprint density at radius 3 is 1.27 bits per heavy atom. The van der Waals surface area contributed by atoms with Crippen LogP contribution in [0.25, 0.3) is 0 Å². The molecule has 0 amide bonds. The number of ether oxygens (including phenoxy) is 7. The lowest BCUT2D eigenvalue weighted by molar-refractivity contribution is -0.152. The zero-order valence-electron chi connectivity index (χ0n) is 62.3. The lowest BCUT2D eigenvalue weighted by Gasteiger charge is -2.41. The molecule has 15 nitrogen and oxygen atoms in total. The molecule has 1 N–H and O–H groups in total. The van der Waals surface area contributed by atoms with Crippen molar-refractivity contribution in [1.29, 1.82) is 0 Å². The first-order chi connectivity index (χ1) is 49.7. The van der Waals surface area contributed by atoms with Gasteiger partial charge < -0.3 is 38.3 Å². The first kappa shape index (κ1) is 68.3. The number of carbonyl (C=O) groups is 7. The standard InChI is InChI=1S/C15H20O3.C15H20O2.2C14H18O2.C11H16O2.C10H14O2.C9H14O2.CH4/c16-4-7-1-6-2-8(7)13-9-3-10(12(6)13)14-11(9)5-18-15(14)17;1-6-2-7-3-8(6)13-10-4-9(12(7)13)11-5-17-15(16)14(10)11;2*15-14-13-9-4-8(10(13)5-16-14)11-6-1-2-7(3-6)12(9)11;1-7-4-9-5-8(7)6-11(9)2-3-13-10(11)12;11-10-8-2-6-1-7(3-8)5-9(4-6)12-10;1-8(2)6-4-5-9(8,3)7(10)11-6;/h6-14,16H,1-5H2;6-14H,2-5H2,1H3;2*6-13H,1-5H2;7-9H,2-6H2,1H3;6-9H,1-5H2;6H,4-5H2,1-3H3;1H4. The van der Waals surface area contributed by atoms with Crippen molar-refractivity contribution in [2.45, 2.75) is 215 Å². The van der Waals surface area contributed by atoms with E-state index in [-0.39, 0.29) is 89.5 Å². The van der Waals surface area contributed by atoms with Gasteiger partial charge in [0.25, 0.3) is 0 Å². The van der Waals surface area contributed by atoms with E-state index < -0.39 is 0 Å². The first-order valence-electron chi connectivity index (χ1n) is 43.6. The highest BCUT2D eigenvalue weighted by molar-refractivity contribution is 5.82. The fraction of sp³-hybridized carbons (Fsp3) is 0.921. The van der Waals surface area contributed by atoms with Gasteiger partial charge in [-0.1, -0.05) is 35.1 Å². The second-order valence-corrected chi connectivity index (χ2v) is 42.8. The summed E-state index contributed by atoms with van der Waals surface area (Å²) in [6.07, 6.45) is 32.9. The van der Waals surface area contributed by atoms with Gasteiger partial charge in [-0.25, -0.2) is 0 Å². The van der Waals surface area contributed by atoms with Crippen molar-refractivity contribution in [2.75, 3.05) is 39.6 Å². The molecule has 21 aliphatic carbocycles. The Balaban J connectivity index is 0.0000000788. The molecule has 42 atom stereocenters. The van der Waals surface area contributed by atoms with Crippen molar-refractivity contribution in [1.82, 2.24) is 0 Å². The van der Waals surface area contributed by atoms with Crippen molar-refractivity contribution in [3.05, 3.63) is 0 Å². The molecule has 29 rings (SSSR count). The molecule has 1 spiro atoms. The van der Waals surface area contributed by atoms with Crippen LogP contribution < -0.4 is 0 Å². The molecule has 0 aromatic carbocycles. The number of esters is 7. The Bertz CT molecular complexity index is 3440. The summed E-state index contributed by atoms with van der Waals surface area (Å²) in [6.45, 7) is 15.1. The number of cyclic esters (lactones) is 5. The van der Waals surface area contributed by atoms with Crippen LogP contribution in [0.5, 0.6) is 0 Å². The first-order valence-corrected chi connectivity index (χ1v) is 43.6. The summed E-state index contributed by atoms with van der Waals surface area (Å²) in [5, 5.41) is 9.53. The molecule has 104 heavy (non-hydrogen) atoms. The van der Waals surface area contributed by atoms with Crippen LogP contribution in [-0.4, -0.2) is 98.7 Å². The Morgan fingerprint density at radius 1 is 0.375 bits per heavy atom. The van der Waals surface area contributed by atoms with Gasteiger partial charge >= 0.3 is 41.8 Å². The molecule has 8 aliphatic heterocycles. The molecule has 29 fully saturated rings. The molecule has 29 aliphatic rings. The number of aliphatic hydroxyl groups excluding tert-OH is 1. The van der Waals surface area contributed by atoms with Gasteiger partial charge in [0.1, 0.15) is 12.2 Å². The largest absolute Gasteiger partial charge is 0.465 e. The predicted octanol–water partition coefficient (Wildman–Crippen LogP) is 13.9. The topological polar surface area (TPSA) is 204 Å². The Labute approximate surface area is 617 Å². The van der Waals surface area contributed by atoms with E-state index in [4.69, 9.17) is 33.2 Å². The minimum Gasteiger partial charge on any atom is -0.465 e. The maximum atomic E-state index is 11.9. The van der Waals surface area contributed by atoms with Crippen molar-refractivity contribution in [3.63, 3.8) is 0 Å². The molecular formula is C89H124O15. The third-order valence-corrected chi connectivity index (χ3v) is 40.0. The van der Waals surface area contributed by atoms with E-state index in [9.17, 15) is 38.7 Å². The van der Waals surface area contributed by atoms with Gasteiger partial charge in [0.15, 0.2) is 0 Å². The van der Waals surface area contributed by atoms with Crippen molar-refractivity contribution in [2.24, 2.45) is 253 Å². The summed E-state index contributed by atoms with van der Waals surface area (Å²) >= 11 is 0. The molecule has 42 unspecified atom stereocenters. The number of rotatable bonds is 1. The molecule has 0 aromatic rings. The molecule has 8 saturated heterocycles. The van der Waals surface area contributed by atoms with Gasteiger partial charge in [-0.05, 0) is 351 Å². The summed E-state index contributed by atoms with van der Waals surface area (Å²) < 4.78 is 37.1. The molecule has 24 bridgehead atoms. The summed E-state index contributed by atoms with van der Waals surface area (Å²) in [5.74, 6) is 31.1. The summed E-state index contributed by atoms with van der Waals surface area (Å²) in [7, 11) is 0. The van der Waals surface area contributed by atoms with Crippen molar-refractivity contribution >= 4 is 41.8 Å². The Morgan fingerprint density at radius 2 is 0.837 bits per heavy atom. The minimum absolute atomic E-state index is 0. The number of fused-ring (bicyclic) bond motifs is 54. The highest BCUT2D eigenvalue weighted by Gasteiger charge is 2.75. The molecular weight excluding hydrogens is 1310 g/mol. The van der Waals surface area contributed by atoms with Gasteiger partial charge in [-0.3, -0.25) is 33.6 Å². The lowest BCUT2D eigenvalue weighted by atomic mass is 9.62. The normalized spacial score (nSPS) is 59.1. The van der Waals surface area contributed by atoms with Crippen LogP contribution in [0, 0.1) is 253 Å². The van der Waals surface area contributed by atoms with Gasteiger partial charge in [-0.15, -0.1) is 0 Å². The zero-order chi connectivity index (χ0) is 69.7. The predicted molar refractivity (Wildman–Crippen MR) is 379 cm³/mol. The number of hydrogen-bond donors (Lipinski definition) is 1. The Kier molecular flexibility index (Phi) is 15.8. The quantitative estimate of drug-likeness (QED) is 0.147. The number of hydrogen-bond acceptors (Lipinski definition) is 15. The average molecular weight is 1430 g/mol. The highest BCUT2D eigenvalue weighted by atomic mass is 16.6. The van der Waals surface area contributed by atoms with E-state index >= 15 is 0 Å². The van der Waals surface area contributed by atoms with Crippen LogP contribution in [0.15, 0.2) is 0 Å². The maximum Gasteiger partial charge on any atom is 0.312 e. The van der Waals surface area contributed by atoms with E-state index in [0.717, 1.165) is 231 Å². The number of carbonyl (C=O) groups excluding carboxylic acids is 7. The molecule has 0 radical (unpaired) electrons. The van der Waals surface area contributed by atoms with Gasteiger partial charge in [0.05, 0.1) is 73.5 Å². The van der Waals surface area contributed by atoms with Crippen LogP contribution in [0.1, 0.15) is 203 Å². The SMILES string of the molecule is C.CC12CCC(OC1=O)C2(C)C.CC1CC2CC1C1C3CC(C4COC(=O)C43)C21.CC1CC2CC1CC21CCOC1=O.O=C1OC2CC3CC(C2)CC1C3.O=C1OCC2C3CC(C12)C1C2CC(CO)C(C2)C31.O=C1OCC2C3CC(C12)C1C2CCC(C2)C31.O=C1OCC2C3CC(C12)C1C2CCC(C2)C31. The summed E-state index contributed by atoms with van der Waals surface area (Å²) in [6, 6.07) is 0. The van der Waals surface area contributed by atoms with Crippen LogP contribution in [0.2, 0.25) is 0 Å². The average Bonchev–Trinajstić information content (AvgIpc) is 1.54. The van der Waals surface area contributed by atoms with Crippen LogP contribution in [0.3, 0.4) is 0 Å². The van der Waals surface area contributed by atoms with Crippen LogP contribution in [0.4, 0.5) is 0 Å². The van der Waals surface area contributed by atoms with E-state index in [1.807, 2.05) is 6.92 Å². The van der Waals surface area contributed by atoms with Gasteiger partial charge in [0, 0.05) is 35.7 Å². The van der Waals surface area contributed by atoms with Gasteiger partial charge in [0.2, 0.25) is 0 Å². The van der Waals surface area contributed by atoms with Gasteiger partial charge in [-0.2, -0.15) is 0 Å². The van der Waals surface area contributed by atoms with E-state index in [2.05, 4.69) is 27.7 Å². The smallest absolute Gasteiger partial charge is 0.312 e. The number of aliphatic hydroxyl groups is 1. The lowest BCUT2D eigenvalue weighted by Crippen LogP contribution is -2.41. The van der Waals surface area contributed by atoms with E-state index in [1.165, 1.54) is 109 Å². The minimum atomic E-state index is -0.197. The molecule has 8 heterocycles. The molecule has 0 aromatic heterocycles. The second-order valence-electron chi connectivity index (χ2n) is 42.8. The van der Waals surface area contributed by atoms with Crippen molar-refractivity contribution < 1.29 is 71.8 Å². The summed E-state index contributed by atoms with van der Waals surface area (Å²) in [4.78, 5) is 81.9. The van der Waals surface area contributed by atoms with Crippen molar-refractivity contribution in [3.8, 4) is 0 Å². The van der Waals surface area contributed by atoms with E-state index in [0.29, 0.717) is 84.9 Å². The second kappa shape index (κ2) is 24.1. The Hall–Kier alpha value is -3.75. The zero-order valence-corrected chi connectivity index (χ0v) is 62.3. The molecule has 570 valence electrons. The summed E-state index contributed by atoms with van der Waals surface area (Å²) in [5.41, 5.74) is -0.154. The van der Waals surface area contributed by atoms with Crippen LogP contribution >= 0.6 is 0 Å². The fourth-order valence-corrected chi connectivity index (χ4v) is 36.5. The molecule has 15 heteroatoms. The fourth-order valence-electron chi connectivity index (χ4n) is 36.5. The van der Waals surface area contributed by atoms with E-state index in [1.54, 1.807) is 0 Å². The third-order valence-electron chi connectivity index (χ3n) is 40.0. The third kappa shape index (κ3) is 9.35. The molecule has 21 saturated carbocycles. The maximum absolute atomic E-state index is 11.9. The monoisotopic (exact) mass is 1430 g/mol. The highest BCUT2D eigenvalue weighted by Crippen LogP contribution is 2.77. The van der Waals surface area contributed by atoms with Crippen LogP contribution in [-0.2, 0) is 66.7 Å².